The van der Waals surface area contributed by atoms with Crippen LogP contribution in [0.4, 0.5) is 5.95 Å². The van der Waals surface area contributed by atoms with E-state index < -0.39 is 0 Å². The molecule has 0 aliphatic heterocycles. The van der Waals surface area contributed by atoms with E-state index in [1.165, 1.54) is 0 Å². The summed E-state index contributed by atoms with van der Waals surface area (Å²) < 4.78 is 2.41. The first kappa shape index (κ1) is 12.2. The van der Waals surface area contributed by atoms with E-state index in [0.717, 1.165) is 13.1 Å². The van der Waals surface area contributed by atoms with Crippen molar-refractivity contribution in [2.24, 2.45) is 5.41 Å². The minimum atomic E-state index is 0.111. The smallest absolute Gasteiger partial charge is 0.220 e. The predicted molar refractivity (Wildman–Crippen MR) is 64.2 cm³/mol. The van der Waals surface area contributed by atoms with E-state index in [-0.39, 0.29) is 5.41 Å². The summed E-state index contributed by atoms with van der Waals surface area (Å²) in [4.78, 5) is 2.15. The van der Waals surface area contributed by atoms with Crippen LogP contribution in [-0.4, -0.2) is 40.3 Å². The van der Waals surface area contributed by atoms with E-state index in [4.69, 9.17) is 18.0 Å². The molecule has 0 fully saturated rings. The van der Waals surface area contributed by atoms with Gasteiger partial charge in [-0.25, -0.2) is 5.10 Å². The maximum Gasteiger partial charge on any atom is 0.220 e. The minimum absolute atomic E-state index is 0.111. The number of rotatable bonds is 4. The summed E-state index contributed by atoms with van der Waals surface area (Å²) in [5.41, 5.74) is 5.83. The molecule has 5 nitrogen and oxygen atoms in total. The van der Waals surface area contributed by atoms with Gasteiger partial charge in [0.1, 0.15) is 0 Å². The third-order valence-corrected chi connectivity index (χ3v) is 2.43. The van der Waals surface area contributed by atoms with Crippen LogP contribution in [-0.2, 0) is 6.54 Å². The number of aromatic nitrogens is 3. The van der Waals surface area contributed by atoms with Crippen LogP contribution in [0.2, 0.25) is 0 Å². The number of nitrogens with one attached hydrogen (secondary N) is 1. The quantitative estimate of drug-likeness (QED) is 0.759. The van der Waals surface area contributed by atoms with Gasteiger partial charge in [0.05, 0.1) is 0 Å². The van der Waals surface area contributed by atoms with Crippen molar-refractivity contribution in [3.05, 3.63) is 4.77 Å². The molecule has 0 unspecified atom stereocenters. The van der Waals surface area contributed by atoms with E-state index in [1.807, 2.05) is 4.57 Å². The fourth-order valence-electron chi connectivity index (χ4n) is 1.82. The number of hydrogen-bond donors (Lipinski definition) is 2. The molecule has 0 aromatic carbocycles. The van der Waals surface area contributed by atoms with Crippen LogP contribution in [0, 0.1) is 10.2 Å². The lowest BCUT2D eigenvalue weighted by molar-refractivity contribution is 0.211. The summed E-state index contributed by atoms with van der Waals surface area (Å²) >= 11 is 5.11. The van der Waals surface area contributed by atoms with Gasteiger partial charge in [-0.15, -0.1) is 5.10 Å². The van der Waals surface area contributed by atoms with Crippen molar-refractivity contribution in [1.29, 1.82) is 0 Å². The Kier molecular flexibility index (Phi) is 3.51. The molecule has 0 amide bonds. The zero-order valence-corrected chi connectivity index (χ0v) is 10.6. The Morgan fingerprint density at radius 2 is 2.13 bits per heavy atom. The maximum absolute atomic E-state index is 5.72. The van der Waals surface area contributed by atoms with Crippen molar-refractivity contribution in [2.75, 3.05) is 26.4 Å². The first-order valence-electron chi connectivity index (χ1n) is 4.87. The Morgan fingerprint density at radius 3 is 2.53 bits per heavy atom. The number of nitrogens with two attached hydrogens (primary N) is 1. The van der Waals surface area contributed by atoms with Crippen molar-refractivity contribution in [2.45, 2.75) is 20.4 Å². The topological polar surface area (TPSA) is 62.9 Å². The Balaban J connectivity index is 2.81. The van der Waals surface area contributed by atoms with Crippen LogP contribution in [0.3, 0.4) is 0 Å². The minimum Gasteiger partial charge on any atom is -0.368 e. The molecule has 1 aromatic rings. The molecule has 86 valence electrons. The predicted octanol–water partition coefficient (Wildman–Crippen LogP) is 1.11. The number of H-pyrrole nitrogens is 1. The van der Waals surface area contributed by atoms with Crippen LogP contribution < -0.4 is 5.73 Å². The highest BCUT2D eigenvalue weighted by Crippen LogP contribution is 2.20. The van der Waals surface area contributed by atoms with Crippen LogP contribution in [0.1, 0.15) is 13.8 Å². The third kappa shape index (κ3) is 3.32. The number of aromatic amines is 1. The summed E-state index contributed by atoms with van der Waals surface area (Å²) in [6.07, 6.45) is 0. The van der Waals surface area contributed by atoms with Gasteiger partial charge in [0.15, 0.2) is 4.77 Å². The van der Waals surface area contributed by atoms with Crippen LogP contribution >= 0.6 is 12.2 Å². The van der Waals surface area contributed by atoms with Crippen LogP contribution in [0.25, 0.3) is 0 Å². The molecule has 0 bridgehead atoms. The molecule has 1 aromatic heterocycles. The molecule has 6 heteroatoms. The maximum atomic E-state index is 5.72. The largest absolute Gasteiger partial charge is 0.368 e. The molecular formula is C9H19N5S. The number of nitrogen functional groups attached to an aromatic ring is 1. The lowest BCUT2D eigenvalue weighted by Gasteiger charge is -2.28. The first-order chi connectivity index (χ1) is 6.82. The molecule has 0 aliphatic rings. The van der Waals surface area contributed by atoms with Gasteiger partial charge in [0.2, 0.25) is 5.95 Å². The Bertz CT molecular complexity index is 376. The molecule has 0 saturated heterocycles. The molecule has 0 aliphatic carbocycles. The van der Waals surface area contributed by atoms with Gasteiger partial charge < -0.3 is 10.6 Å². The highest BCUT2D eigenvalue weighted by atomic mass is 32.1. The number of hydrogen-bond acceptors (Lipinski definition) is 4. The summed E-state index contributed by atoms with van der Waals surface area (Å²) in [5, 5.41) is 6.58. The van der Waals surface area contributed by atoms with Gasteiger partial charge in [0, 0.05) is 13.1 Å². The van der Waals surface area contributed by atoms with Gasteiger partial charge in [-0.1, -0.05) is 13.8 Å². The standard InChI is InChI=1S/C9H19N5S/c1-9(2,5-13(3)4)6-14-7(10)11-12-8(14)15/h5-6H2,1-4H3,(H2,10,11)(H,12,15). The molecular weight excluding hydrogens is 210 g/mol. The summed E-state index contributed by atoms with van der Waals surface area (Å²) in [6, 6.07) is 0. The van der Waals surface area contributed by atoms with Crippen molar-refractivity contribution < 1.29 is 0 Å². The molecule has 1 rings (SSSR count). The summed E-state index contributed by atoms with van der Waals surface area (Å²) in [6.45, 7) is 6.11. The van der Waals surface area contributed by atoms with E-state index in [2.05, 4.69) is 43.0 Å². The zero-order valence-electron chi connectivity index (χ0n) is 9.74. The second kappa shape index (κ2) is 4.32. The molecule has 0 atom stereocenters. The molecule has 1 heterocycles. The van der Waals surface area contributed by atoms with Crippen molar-refractivity contribution in [1.82, 2.24) is 19.7 Å². The Labute approximate surface area is 95.3 Å². The Morgan fingerprint density at radius 1 is 1.53 bits per heavy atom. The van der Waals surface area contributed by atoms with E-state index >= 15 is 0 Å². The second-order valence-corrected chi connectivity index (χ2v) is 5.26. The lowest BCUT2D eigenvalue weighted by Crippen LogP contribution is -2.32. The molecule has 15 heavy (non-hydrogen) atoms. The Hall–Kier alpha value is -0.880. The van der Waals surface area contributed by atoms with Gasteiger partial charge in [-0.05, 0) is 31.7 Å². The van der Waals surface area contributed by atoms with Gasteiger partial charge >= 0.3 is 0 Å². The van der Waals surface area contributed by atoms with E-state index in [9.17, 15) is 0 Å². The van der Waals surface area contributed by atoms with Gasteiger partial charge in [0.25, 0.3) is 0 Å². The second-order valence-electron chi connectivity index (χ2n) is 4.88. The summed E-state index contributed by atoms with van der Waals surface area (Å²) in [5.74, 6) is 0.451. The zero-order chi connectivity index (χ0) is 11.6. The molecule has 0 radical (unpaired) electrons. The molecule has 0 saturated carbocycles. The monoisotopic (exact) mass is 229 g/mol. The van der Waals surface area contributed by atoms with Crippen molar-refractivity contribution >= 4 is 18.2 Å². The molecule has 0 spiro atoms. The normalized spacial score (nSPS) is 12.3. The summed E-state index contributed by atoms with van der Waals surface area (Å²) in [7, 11) is 4.11. The van der Waals surface area contributed by atoms with Gasteiger partial charge in [-0.2, -0.15) is 0 Å². The third-order valence-electron chi connectivity index (χ3n) is 2.12. The van der Waals surface area contributed by atoms with Gasteiger partial charge in [-0.3, -0.25) is 4.57 Å². The SMILES string of the molecule is CN(C)CC(C)(C)Cn1c(N)n[nH]c1=S. The average molecular weight is 229 g/mol. The van der Waals surface area contributed by atoms with E-state index in [0.29, 0.717) is 10.7 Å². The lowest BCUT2D eigenvalue weighted by atomic mass is 9.93. The highest BCUT2D eigenvalue weighted by molar-refractivity contribution is 7.71. The van der Waals surface area contributed by atoms with E-state index in [1.54, 1.807) is 0 Å². The van der Waals surface area contributed by atoms with Crippen molar-refractivity contribution in [3.8, 4) is 0 Å². The first-order valence-corrected chi connectivity index (χ1v) is 5.28. The number of anilines is 1. The molecule has 3 N–H and O–H groups in total. The number of nitrogens with zero attached hydrogens (tertiary/aromatic N) is 3. The van der Waals surface area contributed by atoms with Crippen LogP contribution in [0.5, 0.6) is 0 Å². The average Bonchev–Trinajstić information content (AvgIpc) is 2.33. The fourth-order valence-corrected chi connectivity index (χ4v) is 2.02. The van der Waals surface area contributed by atoms with Crippen LogP contribution in [0.15, 0.2) is 0 Å². The van der Waals surface area contributed by atoms with Crippen molar-refractivity contribution in [3.63, 3.8) is 0 Å². The highest BCUT2D eigenvalue weighted by Gasteiger charge is 2.21. The fraction of sp³-hybridized carbons (Fsp3) is 0.778.